The molecule has 1 aliphatic heterocycles. The number of benzene rings is 1. The number of hydrogen-bond donors (Lipinski definition) is 1. The third-order valence-corrected chi connectivity index (χ3v) is 5.08. The summed E-state index contributed by atoms with van der Waals surface area (Å²) >= 11 is 0. The molecule has 1 fully saturated rings. The number of methoxy groups -OCH3 is 1. The van der Waals surface area contributed by atoms with Crippen LogP contribution in [0.3, 0.4) is 0 Å². The van der Waals surface area contributed by atoms with Crippen molar-refractivity contribution in [3.8, 4) is 11.5 Å². The van der Waals surface area contributed by atoms with E-state index in [1.165, 1.54) is 37.5 Å². The van der Waals surface area contributed by atoms with Gasteiger partial charge in [-0.2, -0.15) is 0 Å². The third kappa shape index (κ3) is 5.60. The zero-order valence-electron chi connectivity index (χ0n) is 19.7. The van der Waals surface area contributed by atoms with Gasteiger partial charge in [0, 0.05) is 6.07 Å². The molecule has 1 aromatic heterocycles. The van der Waals surface area contributed by atoms with E-state index in [1.807, 2.05) is 6.92 Å². The fourth-order valence-electron chi connectivity index (χ4n) is 3.20. The van der Waals surface area contributed by atoms with Crippen LogP contribution in [-0.2, 0) is 16.1 Å². The van der Waals surface area contributed by atoms with E-state index in [0.29, 0.717) is 6.42 Å². The van der Waals surface area contributed by atoms with E-state index in [0.717, 1.165) is 4.90 Å². The summed E-state index contributed by atoms with van der Waals surface area (Å²) in [5.74, 6) is -1.10. The molecule has 0 spiro atoms. The van der Waals surface area contributed by atoms with E-state index < -0.39 is 22.8 Å². The Labute approximate surface area is 200 Å². The van der Waals surface area contributed by atoms with Gasteiger partial charge in [-0.25, -0.2) is 9.59 Å². The minimum atomic E-state index is -0.714. The molecular formula is C23H25N3O9. The van der Waals surface area contributed by atoms with Crippen LogP contribution < -0.4 is 14.8 Å². The van der Waals surface area contributed by atoms with E-state index in [-0.39, 0.29) is 59.2 Å². The van der Waals surface area contributed by atoms with Crippen molar-refractivity contribution in [1.29, 1.82) is 0 Å². The average Bonchev–Trinajstić information content (AvgIpc) is 3.40. The van der Waals surface area contributed by atoms with Gasteiger partial charge in [0.15, 0.2) is 5.75 Å². The minimum absolute atomic E-state index is 0.00371. The van der Waals surface area contributed by atoms with Crippen LogP contribution in [0.4, 0.5) is 10.5 Å². The summed E-state index contributed by atoms with van der Waals surface area (Å²) in [5.41, 5.74) is -0.169. The van der Waals surface area contributed by atoms with Crippen LogP contribution in [0.15, 0.2) is 34.4 Å². The van der Waals surface area contributed by atoms with Crippen LogP contribution >= 0.6 is 0 Å². The number of nitro benzene ring substituents is 1. The first-order valence-corrected chi connectivity index (χ1v) is 10.8. The Morgan fingerprint density at radius 1 is 1.29 bits per heavy atom. The lowest BCUT2D eigenvalue weighted by atomic mass is 10.1. The molecule has 2 heterocycles. The van der Waals surface area contributed by atoms with E-state index in [1.54, 1.807) is 13.8 Å². The number of esters is 1. The number of hydrogen-bond acceptors (Lipinski definition) is 9. The molecule has 1 aliphatic rings. The van der Waals surface area contributed by atoms with Crippen molar-refractivity contribution in [3.05, 3.63) is 57.2 Å². The summed E-state index contributed by atoms with van der Waals surface area (Å²) in [5, 5.41) is 14.2. The second-order valence-electron chi connectivity index (χ2n) is 7.53. The molecule has 2 aromatic rings. The van der Waals surface area contributed by atoms with Gasteiger partial charge in [-0.1, -0.05) is 6.92 Å². The predicted octanol–water partition coefficient (Wildman–Crippen LogP) is 3.64. The number of rotatable bonds is 10. The van der Waals surface area contributed by atoms with Gasteiger partial charge in [0.2, 0.25) is 11.5 Å². The van der Waals surface area contributed by atoms with E-state index in [2.05, 4.69) is 10.1 Å². The second kappa shape index (κ2) is 10.7. The first kappa shape index (κ1) is 25.3. The zero-order valence-corrected chi connectivity index (χ0v) is 19.7. The van der Waals surface area contributed by atoms with Crippen molar-refractivity contribution in [2.45, 2.75) is 39.8 Å². The fourth-order valence-corrected chi connectivity index (χ4v) is 3.20. The number of nitrogens with one attached hydrogen (secondary N) is 1. The standard InChI is InChI=1S/C23H25N3O9/c1-5-13(3)34-20-17(26(30)31)10-14(11-19(20)33-6-2)9-16-21(27)25(23(29)24-16)12-15-7-8-18(35-15)22(28)32-4/h7-11,13H,5-6,12H2,1-4H3,(H,24,29)/b16-9-/t13-/m0/s1. The summed E-state index contributed by atoms with van der Waals surface area (Å²) in [7, 11) is 1.20. The smallest absolute Gasteiger partial charge is 0.373 e. The van der Waals surface area contributed by atoms with Crippen LogP contribution in [0.1, 0.15) is 49.1 Å². The number of nitro groups is 1. The summed E-state index contributed by atoms with van der Waals surface area (Å²) in [6.07, 6.45) is 1.65. The van der Waals surface area contributed by atoms with Crippen LogP contribution in [0.5, 0.6) is 11.5 Å². The lowest BCUT2D eigenvalue weighted by Crippen LogP contribution is -2.30. The van der Waals surface area contributed by atoms with E-state index >= 15 is 0 Å². The Hall–Kier alpha value is -4.35. The van der Waals surface area contributed by atoms with Crippen LogP contribution in [0.2, 0.25) is 0 Å². The second-order valence-corrected chi connectivity index (χ2v) is 7.53. The van der Waals surface area contributed by atoms with Crippen molar-refractivity contribution in [1.82, 2.24) is 10.2 Å². The molecule has 0 bridgehead atoms. The minimum Gasteiger partial charge on any atom is -0.490 e. The molecule has 0 unspecified atom stereocenters. The summed E-state index contributed by atoms with van der Waals surface area (Å²) in [6, 6.07) is 4.84. The van der Waals surface area contributed by atoms with Crippen molar-refractivity contribution in [2.24, 2.45) is 0 Å². The lowest BCUT2D eigenvalue weighted by molar-refractivity contribution is -0.386. The molecule has 1 aromatic carbocycles. The molecule has 0 aliphatic carbocycles. The van der Waals surface area contributed by atoms with Crippen molar-refractivity contribution < 1.29 is 37.9 Å². The monoisotopic (exact) mass is 487 g/mol. The molecule has 35 heavy (non-hydrogen) atoms. The first-order valence-electron chi connectivity index (χ1n) is 10.8. The number of carbonyl (C=O) groups excluding carboxylic acids is 3. The Morgan fingerprint density at radius 3 is 2.66 bits per heavy atom. The fraction of sp³-hybridized carbons (Fsp3) is 0.348. The van der Waals surface area contributed by atoms with Crippen molar-refractivity contribution in [3.63, 3.8) is 0 Å². The molecule has 12 heteroatoms. The van der Waals surface area contributed by atoms with Gasteiger partial charge in [-0.05, 0) is 50.1 Å². The van der Waals surface area contributed by atoms with Gasteiger partial charge in [-0.3, -0.25) is 19.8 Å². The van der Waals surface area contributed by atoms with Gasteiger partial charge in [0.25, 0.3) is 5.91 Å². The maximum atomic E-state index is 12.9. The Bertz CT molecular complexity index is 1180. The molecule has 1 N–H and O–H groups in total. The average molecular weight is 487 g/mol. The number of furan rings is 1. The highest BCUT2D eigenvalue weighted by atomic mass is 16.6. The summed E-state index contributed by atoms with van der Waals surface area (Å²) in [6.45, 7) is 5.39. The highest BCUT2D eigenvalue weighted by Gasteiger charge is 2.35. The number of amides is 3. The van der Waals surface area contributed by atoms with Gasteiger partial charge >= 0.3 is 17.7 Å². The third-order valence-electron chi connectivity index (χ3n) is 5.08. The van der Waals surface area contributed by atoms with Gasteiger partial charge < -0.3 is 23.9 Å². The van der Waals surface area contributed by atoms with Crippen LogP contribution in [-0.4, -0.2) is 47.6 Å². The Balaban J connectivity index is 1.91. The maximum absolute atomic E-state index is 12.9. The highest BCUT2D eigenvalue weighted by Crippen LogP contribution is 2.40. The van der Waals surface area contributed by atoms with Crippen molar-refractivity contribution >= 4 is 29.7 Å². The molecule has 1 atom stereocenters. The highest BCUT2D eigenvalue weighted by molar-refractivity contribution is 6.13. The van der Waals surface area contributed by atoms with Crippen molar-refractivity contribution in [2.75, 3.05) is 13.7 Å². The van der Waals surface area contributed by atoms with Crippen LogP contribution in [0.25, 0.3) is 6.08 Å². The molecule has 0 radical (unpaired) electrons. The SMILES string of the molecule is CCOc1cc(/C=C2\NC(=O)N(Cc3ccc(C(=O)OC)o3)C2=O)cc([N+](=O)[O-])c1O[C@@H](C)CC. The number of ether oxygens (including phenoxy) is 3. The summed E-state index contributed by atoms with van der Waals surface area (Å²) < 4.78 is 21.2. The molecule has 3 rings (SSSR count). The molecule has 1 saturated heterocycles. The Kier molecular flexibility index (Phi) is 7.74. The number of imide groups is 1. The normalized spacial score (nSPS) is 15.2. The lowest BCUT2D eigenvalue weighted by Gasteiger charge is -2.17. The van der Waals surface area contributed by atoms with Crippen LogP contribution in [0, 0.1) is 10.1 Å². The predicted molar refractivity (Wildman–Crippen MR) is 122 cm³/mol. The molecule has 186 valence electrons. The topological polar surface area (TPSA) is 150 Å². The zero-order chi connectivity index (χ0) is 25.7. The first-order chi connectivity index (χ1) is 16.7. The number of nitrogens with zero attached hydrogens (tertiary/aromatic N) is 2. The Morgan fingerprint density at radius 2 is 2.03 bits per heavy atom. The van der Waals surface area contributed by atoms with Gasteiger partial charge in [-0.15, -0.1) is 0 Å². The maximum Gasteiger partial charge on any atom is 0.373 e. The summed E-state index contributed by atoms with van der Waals surface area (Å²) in [4.78, 5) is 48.8. The largest absolute Gasteiger partial charge is 0.490 e. The van der Waals surface area contributed by atoms with Gasteiger partial charge in [0.05, 0.1) is 31.3 Å². The van der Waals surface area contributed by atoms with E-state index in [9.17, 15) is 24.5 Å². The van der Waals surface area contributed by atoms with E-state index in [4.69, 9.17) is 13.9 Å². The quantitative estimate of drug-likeness (QED) is 0.174. The molecular weight excluding hydrogens is 462 g/mol. The molecule has 12 nitrogen and oxygen atoms in total. The molecule has 0 saturated carbocycles. The number of urea groups is 1. The molecule has 3 amide bonds. The number of carbonyl (C=O) groups is 3. The van der Waals surface area contributed by atoms with Gasteiger partial charge in [0.1, 0.15) is 11.5 Å².